The fourth-order valence-electron chi connectivity index (χ4n) is 2.10. The van der Waals surface area contributed by atoms with Crippen LogP contribution in [0.3, 0.4) is 0 Å². The zero-order valence-electron chi connectivity index (χ0n) is 10.0. The second-order valence-electron chi connectivity index (χ2n) is 4.09. The first-order valence-corrected chi connectivity index (χ1v) is 7.67. The molecule has 2 heterocycles. The molecule has 1 aromatic carbocycles. The predicted molar refractivity (Wildman–Crippen MR) is 80.4 cm³/mol. The molecule has 0 bridgehead atoms. The Labute approximate surface area is 124 Å². The molecule has 19 heavy (non-hydrogen) atoms. The van der Waals surface area contributed by atoms with E-state index in [4.69, 9.17) is 23.2 Å². The van der Waals surface area contributed by atoms with E-state index in [2.05, 4.69) is 14.5 Å². The number of fused-ring (bicyclic) bond motifs is 1. The smallest absolute Gasteiger partial charge is 0.112 e. The minimum atomic E-state index is 0.540. The maximum atomic E-state index is 6.31. The number of hydrogen-bond acceptors (Lipinski definition) is 3. The van der Waals surface area contributed by atoms with E-state index in [1.807, 2.05) is 29.8 Å². The van der Waals surface area contributed by atoms with Gasteiger partial charge in [0.05, 0.1) is 22.6 Å². The molecule has 0 saturated heterocycles. The molecule has 0 unspecified atom stereocenters. The summed E-state index contributed by atoms with van der Waals surface area (Å²) in [7, 11) is 0. The number of para-hydroxylation sites is 1. The molecule has 98 valence electrons. The van der Waals surface area contributed by atoms with Gasteiger partial charge in [0.2, 0.25) is 0 Å². The van der Waals surface area contributed by atoms with Crippen LogP contribution in [0.1, 0.15) is 10.8 Å². The van der Waals surface area contributed by atoms with Crippen molar-refractivity contribution < 1.29 is 0 Å². The van der Waals surface area contributed by atoms with Crippen LogP contribution in [0.25, 0.3) is 11.0 Å². The van der Waals surface area contributed by atoms with Crippen molar-refractivity contribution >= 4 is 45.6 Å². The molecule has 3 nitrogen and oxygen atoms in total. The molecule has 0 atom stereocenters. The Hall–Kier alpha value is -1.10. The van der Waals surface area contributed by atoms with Gasteiger partial charge in [0, 0.05) is 23.9 Å². The van der Waals surface area contributed by atoms with Gasteiger partial charge < -0.3 is 4.57 Å². The monoisotopic (exact) mass is 311 g/mol. The Morgan fingerprint density at radius 3 is 2.95 bits per heavy atom. The Bertz CT molecular complexity index is 691. The lowest BCUT2D eigenvalue weighted by Gasteiger charge is -2.07. The van der Waals surface area contributed by atoms with Crippen molar-refractivity contribution in [2.75, 3.05) is 5.88 Å². The van der Waals surface area contributed by atoms with Gasteiger partial charge in [-0.25, -0.2) is 9.97 Å². The van der Waals surface area contributed by atoms with Gasteiger partial charge in [-0.15, -0.1) is 22.9 Å². The van der Waals surface area contributed by atoms with Gasteiger partial charge in [-0.1, -0.05) is 17.7 Å². The second-order valence-corrected chi connectivity index (χ2v) is 5.85. The molecule has 0 aliphatic heterocycles. The summed E-state index contributed by atoms with van der Waals surface area (Å²) in [5, 5.41) is 3.72. The molecule has 0 fully saturated rings. The molecule has 2 aromatic heterocycles. The van der Waals surface area contributed by atoms with Gasteiger partial charge in [-0.3, -0.25) is 0 Å². The molecule has 6 heteroatoms. The van der Waals surface area contributed by atoms with Gasteiger partial charge in [-0.2, -0.15) is 0 Å². The van der Waals surface area contributed by atoms with Crippen LogP contribution < -0.4 is 0 Å². The zero-order valence-corrected chi connectivity index (χ0v) is 12.3. The number of halogens is 2. The number of imidazole rings is 1. The highest BCUT2D eigenvalue weighted by Crippen LogP contribution is 2.26. The highest BCUT2D eigenvalue weighted by atomic mass is 35.5. The molecule has 0 aliphatic rings. The molecular weight excluding hydrogens is 301 g/mol. The lowest BCUT2D eigenvalue weighted by atomic mass is 10.3. The third kappa shape index (κ3) is 2.48. The van der Waals surface area contributed by atoms with Crippen molar-refractivity contribution in [2.45, 2.75) is 13.0 Å². The minimum Gasteiger partial charge on any atom is -0.320 e. The average Bonchev–Trinajstić information content (AvgIpc) is 3.00. The Kier molecular flexibility index (Phi) is 3.73. The van der Waals surface area contributed by atoms with Crippen molar-refractivity contribution in [1.82, 2.24) is 14.5 Å². The van der Waals surface area contributed by atoms with Crippen LogP contribution in [0.4, 0.5) is 0 Å². The fourth-order valence-corrected chi connectivity index (χ4v) is 3.15. The number of aromatic nitrogens is 3. The van der Waals surface area contributed by atoms with E-state index in [1.54, 1.807) is 11.3 Å². The highest BCUT2D eigenvalue weighted by molar-refractivity contribution is 7.09. The van der Waals surface area contributed by atoms with Gasteiger partial charge in [0.25, 0.3) is 0 Å². The fraction of sp³-hybridized carbons (Fsp3) is 0.231. The Morgan fingerprint density at radius 2 is 2.21 bits per heavy atom. The molecule has 0 N–H and O–H groups in total. The van der Waals surface area contributed by atoms with Crippen LogP contribution in [0.15, 0.2) is 29.8 Å². The minimum absolute atomic E-state index is 0.540. The first-order chi connectivity index (χ1) is 9.29. The molecule has 0 amide bonds. The van der Waals surface area contributed by atoms with Crippen molar-refractivity contribution in [3.63, 3.8) is 0 Å². The van der Waals surface area contributed by atoms with E-state index < -0.39 is 0 Å². The topological polar surface area (TPSA) is 30.7 Å². The van der Waals surface area contributed by atoms with Crippen LogP contribution in [0.5, 0.6) is 0 Å². The lowest BCUT2D eigenvalue weighted by Crippen LogP contribution is -2.06. The van der Waals surface area contributed by atoms with Crippen molar-refractivity contribution in [2.24, 2.45) is 0 Å². The SMILES string of the molecule is ClCCc1nc2cccc(Cl)c2n1Cc1nccs1. The lowest BCUT2D eigenvalue weighted by molar-refractivity contribution is 0.750. The third-order valence-electron chi connectivity index (χ3n) is 2.89. The zero-order chi connectivity index (χ0) is 13.2. The van der Waals surface area contributed by atoms with Crippen LogP contribution in [0, 0.1) is 0 Å². The summed E-state index contributed by atoms with van der Waals surface area (Å²) in [6.45, 7) is 0.685. The number of hydrogen-bond donors (Lipinski definition) is 0. The normalized spacial score (nSPS) is 11.3. The molecule has 3 aromatic rings. The number of nitrogens with zero attached hydrogens (tertiary/aromatic N) is 3. The predicted octanol–water partition coefficient (Wildman–Crippen LogP) is 3.98. The number of aryl methyl sites for hydroxylation is 1. The average molecular weight is 312 g/mol. The summed E-state index contributed by atoms with van der Waals surface area (Å²) in [6.07, 6.45) is 2.53. The largest absolute Gasteiger partial charge is 0.320 e. The van der Waals surface area contributed by atoms with Crippen LogP contribution >= 0.6 is 34.5 Å². The summed E-state index contributed by atoms with van der Waals surface area (Å²) in [5.74, 6) is 1.49. The van der Waals surface area contributed by atoms with Crippen LogP contribution in [-0.2, 0) is 13.0 Å². The molecule has 0 radical (unpaired) electrons. The molecule has 0 saturated carbocycles. The highest BCUT2D eigenvalue weighted by Gasteiger charge is 2.14. The molecule has 0 spiro atoms. The van der Waals surface area contributed by atoms with E-state index >= 15 is 0 Å². The van der Waals surface area contributed by atoms with E-state index in [9.17, 15) is 0 Å². The van der Waals surface area contributed by atoms with Gasteiger partial charge in [0.1, 0.15) is 10.8 Å². The van der Waals surface area contributed by atoms with E-state index in [0.29, 0.717) is 17.4 Å². The maximum absolute atomic E-state index is 6.31. The quantitative estimate of drug-likeness (QED) is 0.682. The third-order valence-corrected chi connectivity index (χ3v) is 4.15. The van der Waals surface area contributed by atoms with Crippen molar-refractivity contribution in [3.8, 4) is 0 Å². The number of thiazole rings is 1. The molecular formula is C13H11Cl2N3S. The number of alkyl halides is 1. The first-order valence-electron chi connectivity index (χ1n) is 5.87. The Morgan fingerprint density at radius 1 is 1.32 bits per heavy atom. The van der Waals surface area contributed by atoms with Gasteiger partial charge in [0.15, 0.2) is 0 Å². The summed E-state index contributed by atoms with van der Waals surface area (Å²) in [4.78, 5) is 8.94. The summed E-state index contributed by atoms with van der Waals surface area (Å²) < 4.78 is 2.11. The number of rotatable bonds is 4. The Balaban J connectivity index is 2.15. The maximum Gasteiger partial charge on any atom is 0.112 e. The molecule has 3 rings (SSSR count). The van der Waals surface area contributed by atoms with Crippen molar-refractivity contribution in [1.29, 1.82) is 0 Å². The van der Waals surface area contributed by atoms with Gasteiger partial charge >= 0.3 is 0 Å². The van der Waals surface area contributed by atoms with E-state index in [1.165, 1.54) is 0 Å². The van der Waals surface area contributed by atoms with Crippen molar-refractivity contribution in [3.05, 3.63) is 45.6 Å². The second kappa shape index (κ2) is 5.49. The van der Waals surface area contributed by atoms with Crippen LogP contribution in [0.2, 0.25) is 5.02 Å². The standard InChI is InChI=1S/C13H11Cl2N3S/c14-5-4-11-17-10-3-1-2-9(15)13(10)18(11)8-12-16-6-7-19-12/h1-3,6-7H,4-5,8H2. The summed E-state index contributed by atoms with van der Waals surface area (Å²) in [5.41, 5.74) is 1.86. The summed E-state index contributed by atoms with van der Waals surface area (Å²) >= 11 is 13.8. The summed E-state index contributed by atoms with van der Waals surface area (Å²) in [6, 6.07) is 5.77. The molecule has 0 aliphatic carbocycles. The number of benzene rings is 1. The van der Waals surface area contributed by atoms with E-state index in [-0.39, 0.29) is 0 Å². The van der Waals surface area contributed by atoms with E-state index in [0.717, 1.165) is 28.3 Å². The van der Waals surface area contributed by atoms with Crippen LogP contribution in [-0.4, -0.2) is 20.4 Å². The van der Waals surface area contributed by atoms with Gasteiger partial charge in [-0.05, 0) is 12.1 Å². The first kappa shape index (κ1) is 12.9.